The molecule has 6 nitrogen and oxygen atoms in total. The van der Waals surface area contributed by atoms with E-state index in [4.69, 9.17) is 4.52 Å². The Hall–Kier alpha value is -2.50. The van der Waals surface area contributed by atoms with E-state index in [1.165, 1.54) is 6.42 Å². The topological polar surface area (TPSA) is 80.4 Å². The maximum atomic E-state index is 12.2. The molecular weight excluding hydrogens is 340 g/mol. The molecule has 2 fully saturated rings. The van der Waals surface area contributed by atoms with Gasteiger partial charge < -0.3 is 4.52 Å². The first-order valence-corrected chi connectivity index (χ1v) is 9.64. The average molecular weight is 366 g/mol. The summed E-state index contributed by atoms with van der Waals surface area (Å²) in [6.45, 7) is 6.94. The van der Waals surface area contributed by atoms with E-state index in [-0.39, 0.29) is 23.2 Å². The average Bonchev–Trinajstić information content (AvgIpc) is 3.28. The van der Waals surface area contributed by atoms with Crippen LogP contribution in [-0.4, -0.2) is 21.8 Å². The molecule has 2 bridgehead atoms. The number of carbonyl (C=O) groups is 1. The molecule has 142 valence electrons. The van der Waals surface area contributed by atoms with Crippen LogP contribution in [0, 0.1) is 16.7 Å². The van der Waals surface area contributed by atoms with Gasteiger partial charge in [-0.05, 0) is 30.6 Å². The third kappa shape index (κ3) is 3.07. The van der Waals surface area contributed by atoms with Gasteiger partial charge in [0.15, 0.2) is 0 Å². The summed E-state index contributed by atoms with van der Waals surface area (Å²) in [6, 6.07) is 9.64. The summed E-state index contributed by atoms with van der Waals surface area (Å²) in [5.74, 6) is 1.56. The highest BCUT2D eigenvalue weighted by molar-refractivity contribution is 5.95. The molecule has 2 saturated carbocycles. The number of carbonyl (C=O) groups excluding carboxylic acids is 1. The molecule has 2 aromatic rings. The standard InChI is InChI=1S/C21H26N4O2/c1-20(2)15-11-12-21(20,3)16(13-15)23-24-17(26)9-10-18-22-19(25-27-18)14-7-5-4-6-8-14/h4-8,15H,9-13H2,1-3H3,(H,24,26)/b23-16+/t15-,21-/m1/s1. The maximum Gasteiger partial charge on any atom is 0.240 e. The van der Waals surface area contributed by atoms with Crippen LogP contribution in [0.4, 0.5) is 0 Å². The number of aryl methyl sites for hydroxylation is 1. The van der Waals surface area contributed by atoms with Crippen molar-refractivity contribution in [3.63, 3.8) is 0 Å². The van der Waals surface area contributed by atoms with E-state index in [2.05, 4.69) is 41.4 Å². The Balaban J connectivity index is 1.33. The SMILES string of the molecule is CC1(C)[C@@H]2CC[C@]1(C)/C(=N/NC(=O)CCc1nc(-c3ccccc3)no1)C2. The summed E-state index contributed by atoms with van der Waals surface area (Å²) in [4.78, 5) is 16.6. The van der Waals surface area contributed by atoms with Crippen LogP contribution in [0.3, 0.4) is 0 Å². The molecule has 2 aliphatic rings. The summed E-state index contributed by atoms with van der Waals surface area (Å²) in [6.07, 6.45) is 4.09. The predicted molar refractivity (Wildman–Crippen MR) is 103 cm³/mol. The Morgan fingerprint density at radius 3 is 2.74 bits per heavy atom. The number of rotatable bonds is 5. The van der Waals surface area contributed by atoms with Gasteiger partial charge in [-0.25, -0.2) is 5.43 Å². The molecule has 0 radical (unpaired) electrons. The number of nitrogens with zero attached hydrogens (tertiary/aromatic N) is 3. The molecule has 0 spiro atoms. The molecule has 6 heteroatoms. The van der Waals surface area contributed by atoms with E-state index in [0.29, 0.717) is 24.1 Å². The first-order valence-electron chi connectivity index (χ1n) is 9.64. The monoisotopic (exact) mass is 366 g/mol. The Labute approximate surface area is 159 Å². The minimum Gasteiger partial charge on any atom is -0.339 e. The fourth-order valence-electron chi connectivity index (χ4n) is 4.56. The first-order chi connectivity index (χ1) is 12.9. The molecule has 27 heavy (non-hydrogen) atoms. The van der Waals surface area contributed by atoms with Crippen LogP contribution in [0.15, 0.2) is 40.0 Å². The highest BCUT2D eigenvalue weighted by Crippen LogP contribution is 2.63. The lowest BCUT2D eigenvalue weighted by atomic mass is 9.70. The number of nitrogens with one attached hydrogen (secondary N) is 1. The third-order valence-corrected chi connectivity index (χ3v) is 6.89. The second-order valence-electron chi connectivity index (χ2n) is 8.46. The first kappa shape index (κ1) is 17.9. The van der Waals surface area contributed by atoms with Crippen LogP contribution >= 0.6 is 0 Å². The van der Waals surface area contributed by atoms with Crippen molar-refractivity contribution in [1.82, 2.24) is 15.6 Å². The van der Waals surface area contributed by atoms with E-state index in [0.717, 1.165) is 24.1 Å². The Morgan fingerprint density at radius 1 is 1.30 bits per heavy atom. The van der Waals surface area contributed by atoms with Crippen LogP contribution in [0.25, 0.3) is 11.4 Å². The zero-order valence-corrected chi connectivity index (χ0v) is 16.2. The van der Waals surface area contributed by atoms with Gasteiger partial charge >= 0.3 is 0 Å². The van der Waals surface area contributed by atoms with Gasteiger partial charge in [0.25, 0.3) is 0 Å². The number of aromatic nitrogens is 2. The van der Waals surface area contributed by atoms with Gasteiger partial charge in [-0.3, -0.25) is 4.79 Å². The van der Waals surface area contributed by atoms with Gasteiger partial charge in [-0.1, -0.05) is 56.3 Å². The minimum absolute atomic E-state index is 0.0992. The fourth-order valence-corrected chi connectivity index (χ4v) is 4.56. The summed E-state index contributed by atoms with van der Waals surface area (Å²) in [7, 11) is 0. The summed E-state index contributed by atoms with van der Waals surface area (Å²) < 4.78 is 5.25. The minimum atomic E-state index is -0.119. The summed E-state index contributed by atoms with van der Waals surface area (Å²) in [5, 5.41) is 8.47. The van der Waals surface area contributed by atoms with E-state index in [1.807, 2.05) is 30.3 Å². The number of hydrogen-bond acceptors (Lipinski definition) is 5. The van der Waals surface area contributed by atoms with Crippen molar-refractivity contribution in [3.8, 4) is 11.4 Å². The third-order valence-electron chi connectivity index (χ3n) is 6.89. The fraction of sp³-hybridized carbons (Fsp3) is 0.524. The van der Waals surface area contributed by atoms with Crippen LogP contribution in [0.1, 0.15) is 52.3 Å². The van der Waals surface area contributed by atoms with Crippen molar-refractivity contribution in [2.45, 2.75) is 52.9 Å². The highest BCUT2D eigenvalue weighted by atomic mass is 16.5. The van der Waals surface area contributed by atoms with Gasteiger partial charge in [-0.15, -0.1) is 0 Å². The van der Waals surface area contributed by atoms with Crippen molar-refractivity contribution in [3.05, 3.63) is 36.2 Å². The molecule has 1 aromatic heterocycles. The molecular formula is C21H26N4O2. The summed E-state index contributed by atoms with van der Waals surface area (Å²) in [5.41, 5.74) is 5.14. The quantitative estimate of drug-likeness (QED) is 0.812. The molecule has 0 unspecified atom stereocenters. The second-order valence-corrected chi connectivity index (χ2v) is 8.46. The molecule has 0 saturated heterocycles. The Morgan fingerprint density at radius 2 is 2.07 bits per heavy atom. The molecule has 2 atom stereocenters. The lowest BCUT2D eigenvalue weighted by Gasteiger charge is -2.34. The molecule has 4 rings (SSSR count). The van der Waals surface area contributed by atoms with Gasteiger partial charge in [0.1, 0.15) is 0 Å². The van der Waals surface area contributed by atoms with Crippen LogP contribution < -0.4 is 5.43 Å². The van der Waals surface area contributed by atoms with Crippen molar-refractivity contribution in [2.24, 2.45) is 21.8 Å². The van der Waals surface area contributed by atoms with E-state index in [1.54, 1.807) is 0 Å². The molecule has 0 aliphatic heterocycles. The van der Waals surface area contributed by atoms with Crippen molar-refractivity contribution in [1.29, 1.82) is 0 Å². The molecule has 1 aromatic carbocycles. The zero-order chi connectivity index (χ0) is 19.1. The predicted octanol–water partition coefficient (Wildman–Crippen LogP) is 3.99. The van der Waals surface area contributed by atoms with Gasteiger partial charge in [0.05, 0.1) is 0 Å². The molecule has 1 amide bonds. The number of amides is 1. The summed E-state index contributed by atoms with van der Waals surface area (Å²) >= 11 is 0. The number of benzene rings is 1. The van der Waals surface area contributed by atoms with Gasteiger partial charge in [0.2, 0.25) is 17.6 Å². The maximum absolute atomic E-state index is 12.2. The molecule has 2 aliphatic carbocycles. The second kappa shape index (κ2) is 6.59. The highest BCUT2D eigenvalue weighted by Gasteiger charge is 2.59. The van der Waals surface area contributed by atoms with Crippen molar-refractivity contribution >= 4 is 11.6 Å². The number of hydrazone groups is 1. The number of fused-ring (bicyclic) bond motifs is 2. The van der Waals surface area contributed by atoms with E-state index < -0.39 is 0 Å². The van der Waals surface area contributed by atoms with Crippen LogP contribution in [0.5, 0.6) is 0 Å². The van der Waals surface area contributed by atoms with Gasteiger partial charge in [-0.2, -0.15) is 10.1 Å². The molecule has 1 N–H and O–H groups in total. The molecule has 1 heterocycles. The van der Waals surface area contributed by atoms with Crippen molar-refractivity contribution < 1.29 is 9.32 Å². The largest absolute Gasteiger partial charge is 0.339 e. The normalized spacial score (nSPS) is 27.2. The zero-order valence-electron chi connectivity index (χ0n) is 16.2. The lowest BCUT2D eigenvalue weighted by Crippen LogP contribution is -2.34. The van der Waals surface area contributed by atoms with Crippen molar-refractivity contribution in [2.75, 3.05) is 0 Å². The van der Waals surface area contributed by atoms with Gasteiger partial charge in [0, 0.05) is 29.5 Å². The number of hydrogen-bond donors (Lipinski definition) is 1. The smallest absolute Gasteiger partial charge is 0.240 e. The van der Waals surface area contributed by atoms with Crippen LogP contribution in [0.2, 0.25) is 0 Å². The van der Waals surface area contributed by atoms with E-state index in [9.17, 15) is 4.79 Å². The Bertz CT molecular complexity index is 871. The van der Waals surface area contributed by atoms with Crippen LogP contribution in [-0.2, 0) is 11.2 Å². The lowest BCUT2D eigenvalue weighted by molar-refractivity contribution is -0.121. The Kier molecular flexibility index (Phi) is 4.36. The van der Waals surface area contributed by atoms with E-state index >= 15 is 0 Å².